The number of nitrogens with zero attached hydrogens (tertiary/aromatic N) is 5. The van der Waals surface area contributed by atoms with E-state index in [-0.39, 0.29) is 45.2 Å². The van der Waals surface area contributed by atoms with Gasteiger partial charge in [0.1, 0.15) is 71.1 Å². The third kappa shape index (κ3) is 26.2. The molecule has 2 heterocycles. The molecule has 3 amide bonds. The summed E-state index contributed by atoms with van der Waals surface area (Å²) in [4.78, 5) is 114. The van der Waals surface area contributed by atoms with E-state index in [1.54, 1.807) is 138 Å². The fourth-order valence-corrected chi connectivity index (χ4v) is 6.60. The number of unbranched alkanes of at least 4 members (excludes halogenated alkanes) is 1. The molecule has 0 unspecified atom stereocenters. The predicted molar refractivity (Wildman–Crippen MR) is 257 cm³/mol. The van der Waals surface area contributed by atoms with E-state index in [2.05, 4.69) is 25.9 Å². The number of nitrogens with one attached hydrogen (secondary N) is 3. The van der Waals surface area contributed by atoms with E-state index < -0.39 is 87.9 Å². The zero-order chi connectivity index (χ0) is 53.3. The summed E-state index contributed by atoms with van der Waals surface area (Å²) in [7, 11) is 0. The van der Waals surface area contributed by atoms with Crippen molar-refractivity contribution in [2.24, 2.45) is 0 Å². The van der Waals surface area contributed by atoms with Crippen LogP contribution < -0.4 is 16.0 Å². The van der Waals surface area contributed by atoms with Gasteiger partial charge in [-0.2, -0.15) is 0 Å². The molecule has 0 radical (unpaired) electrons. The summed E-state index contributed by atoms with van der Waals surface area (Å²) in [6.45, 7) is 26.7. The van der Waals surface area contributed by atoms with E-state index in [1.807, 2.05) is 4.90 Å². The molecule has 3 N–H and O–H groups in total. The lowest BCUT2D eigenvalue weighted by molar-refractivity contribution is -0.159. The highest BCUT2D eigenvalue weighted by atomic mass is 16.6. The summed E-state index contributed by atoms with van der Waals surface area (Å²) in [5.74, 6) is -2.47. The highest BCUT2D eigenvalue weighted by Gasteiger charge is 2.32. The number of aromatic nitrogens is 4. The van der Waals surface area contributed by atoms with Crippen LogP contribution in [0, 0.1) is 0 Å². The molecular weight excluding hydrogens is 909 g/mol. The first-order valence-electron chi connectivity index (χ1n) is 23.8. The SMILES string of the molecule is CC(C)(C)OC(=O)CC[C@H](NC(=O)N[C@@H](CCC(=O)N[C@H](C=O)CCCCN(Cc1nccn1CC(=O)OC(C)(C)C)Cc1nccn1CC(=O)OC(C)(C)C)C(=O)OC(C)(C)C)C(=O)OC(C)(C)C. The van der Waals surface area contributed by atoms with Crippen LogP contribution in [-0.2, 0) is 83.4 Å². The lowest BCUT2D eigenvalue weighted by atomic mass is 10.1. The van der Waals surface area contributed by atoms with Crippen molar-refractivity contribution in [2.75, 3.05) is 6.54 Å². The van der Waals surface area contributed by atoms with Crippen LogP contribution in [0.4, 0.5) is 4.79 Å². The van der Waals surface area contributed by atoms with Crippen molar-refractivity contribution in [3.63, 3.8) is 0 Å². The molecule has 3 atom stereocenters. The Labute approximate surface area is 413 Å². The second kappa shape index (κ2) is 26.4. The van der Waals surface area contributed by atoms with Crippen molar-refractivity contribution < 1.29 is 62.0 Å². The number of urea groups is 1. The average Bonchev–Trinajstić information content (AvgIpc) is 3.80. The van der Waals surface area contributed by atoms with E-state index in [0.717, 1.165) is 0 Å². The van der Waals surface area contributed by atoms with Gasteiger partial charge in [0, 0.05) is 37.6 Å². The maximum absolute atomic E-state index is 13.4. The third-order valence-electron chi connectivity index (χ3n) is 9.23. The number of rotatable bonds is 25. The number of hydrogen-bond acceptors (Lipinski definition) is 16. The Bertz CT molecular complexity index is 1990. The predicted octanol–water partition coefficient (Wildman–Crippen LogP) is 5.24. The molecule has 0 spiro atoms. The zero-order valence-electron chi connectivity index (χ0n) is 44.1. The highest BCUT2D eigenvalue weighted by molar-refractivity contribution is 5.88. The molecule has 0 saturated heterocycles. The van der Waals surface area contributed by atoms with Crippen LogP contribution in [-0.4, -0.2) is 125 Å². The summed E-state index contributed by atoms with van der Waals surface area (Å²) in [5, 5.41) is 7.69. The smallest absolute Gasteiger partial charge is 0.329 e. The molecule has 394 valence electrons. The molecule has 21 nitrogen and oxygen atoms in total. The van der Waals surface area contributed by atoms with Crippen LogP contribution in [0.1, 0.15) is 160 Å². The number of amides is 3. The molecule has 0 aliphatic heterocycles. The van der Waals surface area contributed by atoms with E-state index in [9.17, 15) is 38.4 Å². The number of hydrogen-bond donors (Lipinski definition) is 3. The van der Waals surface area contributed by atoms with Crippen LogP contribution in [0.15, 0.2) is 24.8 Å². The minimum absolute atomic E-state index is 0.0534. The maximum atomic E-state index is 13.4. The first-order valence-corrected chi connectivity index (χ1v) is 23.8. The Balaban J connectivity index is 2.16. The van der Waals surface area contributed by atoms with Crippen molar-refractivity contribution in [1.29, 1.82) is 0 Å². The Hall–Kier alpha value is -5.86. The molecule has 0 aliphatic carbocycles. The molecule has 70 heavy (non-hydrogen) atoms. The van der Waals surface area contributed by atoms with Gasteiger partial charge in [-0.05, 0) is 143 Å². The molecule has 2 rings (SSSR count). The molecule has 2 aromatic heterocycles. The fourth-order valence-electron chi connectivity index (χ4n) is 6.60. The standard InChI is InChI=1S/C49H80N8O13/c1-45(2,3)66-39(60)22-20-35(43(64)70-49(13,14)15)54-44(65)53-34(42(63)69-48(10,11)12)19-21-38(59)52-33(32-58)18-16-17-25-55(28-36-50-23-26-56(36)30-40(61)67-46(4,5)6)29-37-51-24-27-57(37)31-41(62)68-47(7,8)9/h23-24,26-27,32-35H,16-22,25,28-31H2,1-15H3,(H,52,59)(H2,53,54,65)/t33-,34-,35-/m0/s1. The third-order valence-corrected chi connectivity index (χ3v) is 9.23. The van der Waals surface area contributed by atoms with Crippen LogP contribution in [0.5, 0.6) is 0 Å². The molecule has 0 aliphatic rings. The van der Waals surface area contributed by atoms with E-state index in [4.69, 9.17) is 23.7 Å². The van der Waals surface area contributed by atoms with E-state index in [0.29, 0.717) is 50.4 Å². The second-order valence-corrected chi connectivity index (χ2v) is 22.1. The fraction of sp³-hybridized carbons (Fsp3) is 0.714. The Morgan fingerprint density at radius 1 is 0.557 bits per heavy atom. The van der Waals surface area contributed by atoms with Gasteiger partial charge in [0.25, 0.3) is 0 Å². The molecule has 0 bridgehead atoms. The van der Waals surface area contributed by atoms with Crippen molar-refractivity contribution in [2.45, 2.75) is 221 Å². The Kier molecular flexibility index (Phi) is 22.7. The topological polar surface area (TPSA) is 258 Å². The first-order chi connectivity index (χ1) is 32.1. The minimum atomic E-state index is -1.35. The zero-order valence-corrected chi connectivity index (χ0v) is 44.1. The summed E-state index contributed by atoms with van der Waals surface area (Å²) < 4.78 is 30.8. The summed E-state index contributed by atoms with van der Waals surface area (Å²) in [6.07, 6.45) is 7.63. The summed E-state index contributed by atoms with van der Waals surface area (Å²) in [6, 6.07) is -4.47. The molecule has 2 aromatic rings. The van der Waals surface area contributed by atoms with Gasteiger partial charge in [-0.1, -0.05) is 0 Å². The van der Waals surface area contributed by atoms with Crippen LogP contribution in [0.2, 0.25) is 0 Å². The lowest BCUT2D eigenvalue weighted by Crippen LogP contribution is -2.53. The number of carbonyl (C=O) groups excluding carboxylic acids is 8. The van der Waals surface area contributed by atoms with E-state index >= 15 is 0 Å². The average molecular weight is 989 g/mol. The number of carbonyl (C=O) groups is 8. The van der Waals surface area contributed by atoms with Gasteiger partial charge >= 0.3 is 35.9 Å². The number of ether oxygens (including phenoxy) is 5. The van der Waals surface area contributed by atoms with Gasteiger partial charge in [0.15, 0.2) is 0 Å². The van der Waals surface area contributed by atoms with Crippen molar-refractivity contribution >= 4 is 48.1 Å². The van der Waals surface area contributed by atoms with Crippen LogP contribution in [0.3, 0.4) is 0 Å². The number of aldehydes is 1. The second-order valence-electron chi connectivity index (χ2n) is 22.1. The monoisotopic (exact) mass is 989 g/mol. The summed E-state index contributed by atoms with van der Waals surface area (Å²) in [5.41, 5.74) is -3.99. The van der Waals surface area contributed by atoms with Crippen molar-refractivity contribution in [3.8, 4) is 0 Å². The quantitative estimate of drug-likeness (QED) is 0.0497. The van der Waals surface area contributed by atoms with E-state index in [1.165, 1.54) is 0 Å². The molecular formula is C49H80N8O13. The van der Waals surface area contributed by atoms with Gasteiger partial charge in [-0.3, -0.25) is 24.1 Å². The van der Waals surface area contributed by atoms with Gasteiger partial charge in [0.2, 0.25) is 5.91 Å². The Morgan fingerprint density at radius 3 is 1.36 bits per heavy atom. The van der Waals surface area contributed by atoms with Gasteiger partial charge < -0.3 is 53.6 Å². The molecule has 0 aromatic carbocycles. The normalized spacial score (nSPS) is 13.6. The van der Waals surface area contributed by atoms with Crippen LogP contribution in [0.25, 0.3) is 0 Å². The van der Waals surface area contributed by atoms with Gasteiger partial charge in [0.05, 0.1) is 19.1 Å². The lowest BCUT2D eigenvalue weighted by Gasteiger charge is -2.27. The molecule has 0 fully saturated rings. The summed E-state index contributed by atoms with van der Waals surface area (Å²) >= 11 is 0. The molecule has 0 saturated carbocycles. The number of imidazole rings is 2. The maximum Gasteiger partial charge on any atom is 0.329 e. The van der Waals surface area contributed by atoms with Gasteiger partial charge in [-0.15, -0.1) is 0 Å². The van der Waals surface area contributed by atoms with Crippen LogP contribution >= 0.6 is 0 Å². The highest BCUT2D eigenvalue weighted by Crippen LogP contribution is 2.17. The Morgan fingerprint density at radius 2 is 0.957 bits per heavy atom. The minimum Gasteiger partial charge on any atom is -0.460 e. The first kappa shape index (κ1) is 60.3. The van der Waals surface area contributed by atoms with Gasteiger partial charge in [-0.25, -0.2) is 24.4 Å². The largest absolute Gasteiger partial charge is 0.460 e. The van der Waals surface area contributed by atoms with Crippen molar-refractivity contribution in [3.05, 3.63) is 36.4 Å². The molecule has 21 heteroatoms. The van der Waals surface area contributed by atoms with Crippen molar-refractivity contribution in [1.82, 2.24) is 40.0 Å². The number of esters is 5.